The van der Waals surface area contributed by atoms with E-state index in [1.807, 2.05) is 0 Å². The van der Waals surface area contributed by atoms with Crippen LogP contribution < -0.4 is 0 Å². The van der Waals surface area contributed by atoms with Crippen molar-refractivity contribution in [3.05, 3.63) is 69.6 Å². The average Bonchev–Trinajstić information content (AvgIpc) is 2.83. The predicted octanol–water partition coefficient (Wildman–Crippen LogP) is 5.06. The molecule has 0 unspecified atom stereocenters. The zero-order valence-corrected chi connectivity index (χ0v) is 11.6. The van der Waals surface area contributed by atoms with Crippen LogP contribution in [0.1, 0.15) is 15.2 Å². The molecule has 0 aliphatic rings. The van der Waals surface area contributed by atoms with E-state index >= 15 is 0 Å². The van der Waals surface area contributed by atoms with Crippen LogP contribution in [0.2, 0.25) is 5.02 Å². The fourth-order valence-corrected chi connectivity index (χ4v) is 3.17. The Hall–Kier alpha value is -1.78. The molecule has 20 heavy (non-hydrogen) atoms. The third kappa shape index (κ3) is 2.32. The molecule has 0 aliphatic heterocycles. The minimum Gasteiger partial charge on any atom is -0.288 e. The summed E-state index contributed by atoms with van der Waals surface area (Å²) in [7, 11) is 0. The van der Waals surface area contributed by atoms with Gasteiger partial charge < -0.3 is 0 Å². The number of ketones is 1. The van der Waals surface area contributed by atoms with Gasteiger partial charge in [-0.25, -0.2) is 8.78 Å². The largest absolute Gasteiger partial charge is 0.288 e. The van der Waals surface area contributed by atoms with Crippen LogP contribution in [0, 0.1) is 11.6 Å². The molecular weight excluding hydrogens is 302 g/mol. The normalized spacial score (nSPS) is 10.9. The molecular formula is C15H7ClF2OS. The Balaban J connectivity index is 2.10. The molecule has 0 atom stereocenters. The van der Waals surface area contributed by atoms with Crippen molar-refractivity contribution in [1.82, 2.24) is 0 Å². The van der Waals surface area contributed by atoms with E-state index in [9.17, 15) is 13.6 Å². The minimum atomic E-state index is -0.523. The maximum atomic E-state index is 13.2. The average molecular weight is 309 g/mol. The second kappa shape index (κ2) is 4.96. The van der Waals surface area contributed by atoms with Crippen LogP contribution in [0.25, 0.3) is 10.1 Å². The second-order valence-corrected chi connectivity index (χ2v) is 5.74. The molecule has 3 rings (SSSR count). The Morgan fingerprint density at radius 1 is 1.00 bits per heavy atom. The molecule has 0 amide bonds. The van der Waals surface area contributed by atoms with E-state index in [0.29, 0.717) is 9.58 Å². The summed E-state index contributed by atoms with van der Waals surface area (Å²) in [6, 6.07) is 9.60. The molecule has 0 bridgehead atoms. The van der Waals surface area contributed by atoms with Crippen molar-refractivity contribution in [2.75, 3.05) is 0 Å². The summed E-state index contributed by atoms with van der Waals surface area (Å²) in [5.41, 5.74) is 0.110. The molecule has 0 fully saturated rings. The highest BCUT2D eigenvalue weighted by molar-refractivity contribution is 7.21. The van der Waals surface area contributed by atoms with Crippen molar-refractivity contribution in [1.29, 1.82) is 0 Å². The third-order valence-electron chi connectivity index (χ3n) is 2.88. The van der Waals surface area contributed by atoms with Gasteiger partial charge in [0.05, 0.1) is 9.90 Å². The summed E-state index contributed by atoms with van der Waals surface area (Å²) >= 11 is 7.08. The number of carbonyl (C=O) groups is 1. The Kier molecular flexibility index (Phi) is 3.28. The number of benzene rings is 2. The monoisotopic (exact) mass is 308 g/mol. The van der Waals surface area contributed by atoms with Crippen LogP contribution in [0.3, 0.4) is 0 Å². The van der Waals surface area contributed by atoms with Crippen LogP contribution in [-0.2, 0) is 0 Å². The molecule has 5 heteroatoms. The van der Waals surface area contributed by atoms with E-state index in [1.54, 1.807) is 12.1 Å². The van der Waals surface area contributed by atoms with Gasteiger partial charge in [0.2, 0.25) is 5.78 Å². The van der Waals surface area contributed by atoms with Crippen molar-refractivity contribution in [2.45, 2.75) is 0 Å². The van der Waals surface area contributed by atoms with Gasteiger partial charge in [-0.1, -0.05) is 17.7 Å². The summed E-state index contributed by atoms with van der Waals surface area (Å²) in [6.45, 7) is 0. The second-order valence-electron chi connectivity index (χ2n) is 4.25. The van der Waals surface area contributed by atoms with Gasteiger partial charge in [0.15, 0.2) is 0 Å². The van der Waals surface area contributed by atoms with Gasteiger partial charge in [0.1, 0.15) is 11.6 Å². The lowest BCUT2D eigenvalue weighted by Crippen LogP contribution is -2.00. The maximum absolute atomic E-state index is 13.2. The fourth-order valence-electron chi connectivity index (χ4n) is 1.92. The van der Waals surface area contributed by atoms with E-state index in [1.165, 1.54) is 24.3 Å². The van der Waals surface area contributed by atoms with Crippen LogP contribution in [0.4, 0.5) is 8.78 Å². The lowest BCUT2D eigenvalue weighted by atomic mass is 10.1. The molecule has 1 aromatic heterocycles. The molecule has 0 spiro atoms. The summed E-state index contributed by atoms with van der Waals surface area (Å²) in [5, 5.41) is 0.965. The van der Waals surface area contributed by atoms with Gasteiger partial charge in [-0.15, -0.1) is 11.3 Å². The number of rotatable bonds is 2. The number of carbonyl (C=O) groups excluding carboxylic acids is 1. The van der Waals surface area contributed by atoms with Crippen molar-refractivity contribution in [2.24, 2.45) is 0 Å². The molecule has 2 aromatic carbocycles. The van der Waals surface area contributed by atoms with Gasteiger partial charge in [0, 0.05) is 10.3 Å². The van der Waals surface area contributed by atoms with Gasteiger partial charge in [-0.3, -0.25) is 4.79 Å². The Morgan fingerprint density at radius 2 is 1.70 bits per heavy atom. The number of fused-ring (bicyclic) bond motifs is 1. The van der Waals surface area contributed by atoms with Crippen molar-refractivity contribution in [3.8, 4) is 0 Å². The first-order chi connectivity index (χ1) is 9.54. The van der Waals surface area contributed by atoms with E-state index < -0.39 is 5.82 Å². The molecule has 0 saturated carbocycles. The summed E-state index contributed by atoms with van der Waals surface area (Å²) in [6.07, 6.45) is 0. The summed E-state index contributed by atoms with van der Waals surface area (Å²) in [5.74, 6) is -1.25. The lowest BCUT2D eigenvalue weighted by Gasteiger charge is -2.01. The van der Waals surface area contributed by atoms with E-state index in [-0.39, 0.29) is 22.2 Å². The quantitative estimate of drug-likeness (QED) is 0.604. The first-order valence-electron chi connectivity index (χ1n) is 5.73. The Morgan fingerprint density at radius 3 is 2.50 bits per heavy atom. The van der Waals surface area contributed by atoms with Gasteiger partial charge in [-0.05, 0) is 41.8 Å². The number of halogens is 3. The van der Waals surface area contributed by atoms with Gasteiger partial charge in [0.25, 0.3) is 0 Å². The number of hydrogen-bond donors (Lipinski definition) is 0. The topological polar surface area (TPSA) is 17.1 Å². The zero-order chi connectivity index (χ0) is 14.3. The minimum absolute atomic E-state index is 0.110. The molecule has 0 N–H and O–H groups in total. The van der Waals surface area contributed by atoms with Crippen LogP contribution in [0.5, 0.6) is 0 Å². The lowest BCUT2D eigenvalue weighted by molar-refractivity contribution is 0.104. The smallest absolute Gasteiger partial charge is 0.204 e. The molecule has 1 heterocycles. The van der Waals surface area contributed by atoms with Crippen molar-refractivity contribution >= 4 is 38.8 Å². The SMILES string of the molecule is O=C(c1cc2ccc(F)cc2s1)c1cc(F)ccc1Cl. The van der Waals surface area contributed by atoms with Gasteiger partial charge >= 0.3 is 0 Å². The van der Waals surface area contributed by atoms with Crippen LogP contribution in [0.15, 0.2) is 42.5 Å². The van der Waals surface area contributed by atoms with E-state index in [4.69, 9.17) is 11.6 Å². The molecule has 0 aliphatic carbocycles. The first kappa shape index (κ1) is 13.2. The molecule has 3 aromatic rings. The van der Waals surface area contributed by atoms with Crippen molar-refractivity contribution < 1.29 is 13.6 Å². The first-order valence-corrected chi connectivity index (χ1v) is 6.93. The van der Waals surface area contributed by atoms with E-state index in [2.05, 4.69) is 0 Å². The fraction of sp³-hybridized carbons (Fsp3) is 0. The third-order valence-corrected chi connectivity index (χ3v) is 4.31. The summed E-state index contributed by atoms with van der Waals surface area (Å²) < 4.78 is 27.0. The Labute approximate surface area is 122 Å². The molecule has 100 valence electrons. The number of thiophene rings is 1. The Bertz CT molecular complexity index is 826. The highest BCUT2D eigenvalue weighted by Gasteiger charge is 2.16. The number of hydrogen-bond acceptors (Lipinski definition) is 2. The summed E-state index contributed by atoms with van der Waals surface area (Å²) in [4.78, 5) is 12.7. The maximum Gasteiger partial charge on any atom is 0.204 e. The van der Waals surface area contributed by atoms with E-state index in [0.717, 1.165) is 22.8 Å². The highest BCUT2D eigenvalue weighted by Crippen LogP contribution is 2.30. The standard InChI is InChI=1S/C15H7ClF2OS/c16-12-4-3-9(17)6-11(12)15(19)14-5-8-1-2-10(18)7-13(8)20-14/h1-7H. The molecule has 1 nitrogen and oxygen atoms in total. The predicted molar refractivity (Wildman–Crippen MR) is 76.6 cm³/mol. The van der Waals surface area contributed by atoms with Crippen LogP contribution >= 0.6 is 22.9 Å². The van der Waals surface area contributed by atoms with Gasteiger partial charge in [-0.2, -0.15) is 0 Å². The molecule has 0 radical (unpaired) electrons. The highest BCUT2D eigenvalue weighted by atomic mass is 35.5. The molecule has 0 saturated heterocycles. The zero-order valence-electron chi connectivity index (χ0n) is 9.99. The van der Waals surface area contributed by atoms with Crippen LogP contribution in [-0.4, -0.2) is 5.78 Å². The van der Waals surface area contributed by atoms with Crippen molar-refractivity contribution in [3.63, 3.8) is 0 Å².